The van der Waals surface area contributed by atoms with Gasteiger partial charge in [-0.2, -0.15) is 0 Å². The number of alkyl halides is 2. The minimum Gasteiger partial charge on any atom is -0.491 e. The molecule has 28 heavy (non-hydrogen) atoms. The molecule has 0 radical (unpaired) electrons. The number of hydrogen-bond donors (Lipinski definition) is 0. The maximum atomic E-state index is 13.2. The summed E-state index contributed by atoms with van der Waals surface area (Å²) in [6.45, 7) is 7.44. The number of carbonyl (C=O) groups excluding carboxylic acids is 1. The van der Waals surface area contributed by atoms with Crippen molar-refractivity contribution in [2.45, 2.75) is 12.8 Å². The highest BCUT2D eigenvalue weighted by atomic mass is 35.5. The van der Waals surface area contributed by atoms with Gasteiger partial charge in [-0.25, -0.2) is 13.6 Å². The Morgan fingerprint density at radius 2 is 1.46 bits per heavy atom. The standard InChI is InChI=1S/C10H9ClFNO.C10H10ClFO2/c1-13-8-3-4-10(9(12)7-8)14-6-2-5-11;11-4-1-5-14-10-3-2-8(7-13)6-9(10)12/h3-4,7H,2,5-6H2;2-3,6-7H,1,4-5H2. The van der Waals surface area contributed by atoms with E-state index in [4.69, 9.17) is 39.2 Å². The second kappa shape index (κ2) is 13.8. The molecular formula is C20H19Cl2F2NO3. The van der Waals surface area contributed by atoms with E-state index in [1.807, 2.05) is 0 Å². The number of ether oxygens (including phenoxy) is 2. The molecule has 0 aliphatic carbocycles. The Morgan fingerprint density at radius 3 is 1.89 bits per heavy atom. The van der Waals surface area contributed by atoms with Gasteiger partial charge in [-0.1, -0.05) is 6.07 Å². The summed E-state index contributed by atoms with van der Waals surface area (Å²) in [7, 11) is 0. The molecule has 0 aliphatic rings. The van der Waals surface area contributed by atoms with Gasteiger partial charge in [0.1, 0.15) is 6.29 Å². The van der Waals surface area contributed by atoms with Crippen molar-refractivity contribution in [1.29, 1.82) is 0 Å². The van der Waals surface area contributed by atoms with E-state index in [1.54, 1.807) is 0 Å². The normalized spacial score (nSPS) is 9.68. The number of rotatable bonds is 9. The van der Waals surface area contributed by atoms with Crippen LogP contribution in [0.4, 0.5) is 14.5 Å². The fourth-order valence-corrected chi connectivity index (χ4v) is 2.08. The molecule has 150 valence electrons. The largest absolute Gasteiger partial charge is 0.491 e. The summed E-state index contributed by atoms with van der Waals surface area (Å²) in [4.78, 5) is 13.4. The van der Waals surface area contributed by atoms with Crippen molar-refractivity contribution >= 4 is 35.2 Å². The lowest BCUT2D eigenvalue weighted by atomic mass is 10.2. The summed E-state index contributed by atoms with van der Waals surface area (Å²) in [5, 5.41) is 0. The first-order valence-electron chi connectivity index (χ1n) is 8.35. The minimum atomic E-state index is -0.524. The number of benzene rings is 2. The molecule has 0 aliphatic heterocycles. The van der Waals surface area contributed by atoms with Gasteiger partial charge in [0.15, 0.2) is 28.8 Å². The Balaban J connectivity index is 0.000000280. The van der Waals surface area contributed by atoms with Crippen LogP contribution in [0.3, 0.4) is 0 Å². The van der Waals surface area contributed by atoms with Gasteiger partial charge in [-0.15, -0.1) is 23.2 Å². The Bertz CT molecular complexity index is 798. The van der Waals surface area contributed by atoms with Crippen LogP contribution in [0.5, 0.6) is 11.5 Å². The van der Waals surface area contributed by atoms with Crippen molar-refractivity contribution in [1.82, 2.24) is 0 Å². The molecule has 0 amide bonds. The van der Waals surface area contributed by atoms with Crippen molar-refractivity contribution in [3.8, 4) is 11.5 Å². The third-order valence-electron chi connectivity index (χ3n) is 3.21. The molecule has 0 atom stereocenters. The lowest BCUT2D eigenvalue weighted by Gasteiger charge is -2.05. The van der Waals surface area contributed by atoms with Crippen LogP contribution in [0.2, 0.25) is 0 Å². The molecule has 2 aromatic rings. The average Bonchev–Trinajstić information content (AvgIpc) is 2.71. The maximum Gasteiger partial charge on any atom is 0.190 e. The number of hydrogen-bond acceptors (Lipinski definition) is 3. The molecule has 0 spiro atoms. The predicted octanol–water partition coefficient (Wildman–Crippen LogP) is 6.03. The summed E-state index contributed by atoms with van der Waals surface area (Å²) >= 11 is 10.9. The van der Waals surface area contributed by atoms with Crippen molar-refractivity contribution < 1.29 is 23.0 Å². The summed E-state index contributed by atoms with van der Waals surface area (Å²) < 4.78 is 36.5. The van der Waals surface area contributed by atoms with Crippen LogP contribution in [-0.4, -0.2) is 31.3 Å². The van der Waals surface area contributed by atoms with Gasteiger partial charge in [0.25, 0.3) is 0 Å². The van der Waals surface area contributed by atoms with Crippen LogP contribution in [0.15, 0.2) is 36.4 Å². The molecule has 0 unspecified atom stereocenters. The molecule has 2 rings (SSSR count). The van der Waals surface area contributed by atoms with Gasteiger partial charge < -0.3 is 9.47 Å². The van der Waals surface area contributed by atoms with Gasteiger partial charge in [0.05, 0.1) is 19.8 Å². The topological polar surface area (TPSA) is 39.9 Å². The lowest BCUT2D eigenvalue weighted by Crippen LogP contribution is -2.00. The molecule has 8 heteroatoms. The van der Waals surface area contributed by atoms with E-state index in [9.17, 15) is 13.6 Å². The average molecular weight is 430 g/mol. The zero-order chi connectivity index (χ0) is 20.8. The summed E-state index contributed by atoms with van der Waals surface area (Å²) in [5.41, 5.74) is 0.569. The van der Waals surface area contributed by atoms with E-state index in [1.165, 1.54) is 24.3 Å². The fraction of sp³-hybridized carbons (Fsp3) is 0.300. The highest BCUT2D eigenvalue weighted by Gasteiger charge is 2.04. The zero-order valence-electron chi connectivity index (χ0n) is 15.0. The number of nitrogens with zero attached hydrogens (tertiary/aromatic N) is 1. The lowest BCUT2D eigenvalue weighted by molar-refractivity contribution is 0.112. The quantitative estimate of drug-likeness (QED) is 0.211. The first kappa shape index (κ1) is 23.7. The number of carbonyl (C=O) groups is 1. The van der Waals surface area contributed by atoms with E-state index >= 15 is 0 Å². The predicted molar refractivity (Wildman–Crippen MR) is 106 cm³/mol. The summed E-state index contributed by atoms with van der Waals surface area (Å²) in [6.07, 6.45) is 1.92. The van der Waals surface area contributed by atoms with Crippen LogP contribution in [-0.2, 0) is 0 Å². The van der Waals surface area contributed by atoms with Crippen molar-refractivity contribution in [3.05, 3.63) is 65.0 Å². The van der Waals surface area contributed by atoms with Crippen molar-refractivity contribution in [2.75, 3.05) is 25.0 Å². The number of halogens is 4. The van der Waals surface area contributed by atoms with Gasteiger partial charge >= 0.3 is 0 Å². The zero-order valence-corrected chi connectivity index (χ0v) is 16.5. The second-order valence-corrected chi connectivity index (χ2v) is 6.07. The van der Waals surface area contributed by atoms with Crippen LogP contribution < -0.4 is 9.47 Å². The van der Waals surface area contributed by atoms with Crippen molar-refractivity contribution in [3.63, 3.8) is 0 Å². The first-order valence-corrected chi connectivity index (χ1v) is 9.41. The molecule has 0 saturated carbocycles. The molecular weight excluding hydrogens is 411 g/mol. The molecule has 0 N–H and O–H groups in total. The fourth-order valence-electron chi connectivity index (χ4n) is 1.86. The minimum absolute atomic E-state index is 0.153. The third kappa shape index (κ3) is 8.55. The molecule has 0 aromatic heterocycles. The van der Waals surface area contributed by atoms with E-state index in [-0.39, 0.29) is 17.2 Å². The van der Waals surface area contributed by atoms with Gasteiger partial charge in [-0.05, 0) is 43.2 Å². The van der Waals surface area contributed by atoms with E-state index in [0.717, 1.165) is 12.1 Å². The van der Waals surface area contributed by atoms with Gasteiger partial charge in [0.2, 0.25) is 0 Å². The molecule has 0 heterocycles. The molecule has 2 aromatic carbocycles. The van der Waals surface area contributed by atoms with E-state index in [0.29, 0.717) is 49.7 Å². The smallest absolute Gasteiger partial charge is 0.190 e. The van der Waals surface area contributed by atoms with Gasteiger partial charge in [0, 0.05) is 17.3 Å². The van der Waals surface area contributed by atoms with Crippen LogP contribution in [0, 0.1) is 18.2 Å². The second-order valence-electron chi connectivity index (χ2n) is 5.32. The Kier molecular flexibility index (Phi) is 11.6. The van der Waals surface area contributed by atoms with Crippen LogP contribution >= 0.6 is 23.2 Å². The van der Waals surface area contributed by atoms with E-state index in [2.05, 4.69) is 4.85 Å². The van der Waals surface area contributed by atoms with Crippen molar-refractivity contribution in [2.24, 2.45) is 0 Å². The SMILES string of the molecule is O=Cc1ccc(OCCCCl)c(F)c1.[C-]#[N+]c1ccc(OCCCCl)c(F)c1. The van der Waals surface area contributed by atoms with Crippen LogP contribution in [0.25, 0.3) is 4.85 Å². The highest BCUT2D eigenvalue weighted by molar-refractivity contribution is 6.18. The highest BCUT2D eigenvalue weighted by Crippen LogP contribution is 2.23. The Labute approximate surface area is 172 Å². The van der Waals surface area contributed by atoms with E-state index < -0.39 is 11.6 Å². The first-order chi connectivity index (χ1) is 13.5. The summed E-state index contributed by atoms with van der Waals surface area (Å²) in [5.74, 6) is 0.260. The third-order valence-corrected chi connectivity index (χ3v) is 3.74. The summed E-state index contributed by atoms with van der Waals surface area (Å²) in [6, 6.07) is 8.22. The van der Waals surface area contributed by atoms with Gasteiger partial charge in [-0.3, -0.25) is 4.79 Å². The Hall–Kier alpha value is -2.36. The van der Waals surface area contributed by atoms with Crippen LogP contribution in [0.1, 0.15) is 23.2 Å². The Morgan fingerprint density at radius 1 is 0.929 bits per heavy atom. The maximum absolute atomic E-state index is 13.2. The molecule has 0 fully saturated rings. The monoisotopic (exact) mass is 429 g/mol. The molecule has 4 nitrogen and oxygen atoms in total. The molecule has 0 saturated heterocycles. The molecule has 0 bridgehead atoms. The number of aldehydes is 1.